The predicted molar refractivity (Wildman–Crippen MR) is 88.2 cm³/mol. The van der Waals surface area contributed by atoms with Gasteiger partial charge in [0, 0.05) is 17.6 Å². The topological polar surface area (TPSA) is 29.3 Å². The van der Waals surface area contributed by atoms with Gasteiger partial charge in [-0.05, 0) is 53.6 Å². The van der Waals surface area contributed by atoms with Crippen LogP contribution in [0.5, 0.6) is 0 Å². The summed E-state index contributed by atoms with van der Waals surface area (Å²) in [5.74, 6) is 0. The smallest absolute Gasteiger partial charge is 0.0507 e. The van der Waals surface area contributed by atoms with Crippen molar-refractivity contribution >= 4 is 22.9 Å². The van der Waals surface area contributed by atoms with Crippen LogP contribution in [0, 0.1) is 0 Å². The van der Waals surface area contributed by atoms with Gasteiger partial charge in [-0.3, -0.25) is 4.90 Å². The fourth-order valence-corrected chi connectivity index (χ4v) is 3.42. The number of nitrogens with zero attached hydrogens (tertiary/aromatic N) is 1. The number of likely N-dealkylation sites (N-methyl/N-ethyl adjacent to an activating group) is 1. The highest BCUT2D eigenvalue weighted by atomic mass is 35.5. The van der Waals surface area contributed by atoms with Crippen molar-refractivity contribution in [3.8, 4) is 0 Å². The molecule has 4 heteroatoms. The molecular formula is C16H21ClN2S. The quantitative estimate of drug-likeness (QED) is 0.861. The van der Waals surface area contributed by atoms with Crippen LogP contribution in [0.3, 0.4) is 0 Å². The van der Waals surface area contributed by atoms with Crippen molar-refractivity contribution in [3.05, 3.63) is 57.2 Å². The third-order valence-electron chi connectivity index (χ3n) is 3.56. The maximum atomic E-state index is 6.33. The molecule has 0 bridgehead atoms. The summed E-state index contributed by atoms with van der Waals surface area (Å²) >= 11 is 7.77. The first-order valence-electron chi connectivity index (χ1n) is 6.84. The fourth-order valence-electron chi connectivity index (χ4n) is 2.52. The first-order chi connectivity index (χ1) is 9.61. The molecule has 2 nitrogen and oxygen atoms in total. The van der Waals surface area contributed by atoms with Crippen LogP contribution in [0.4, 0.5) is 0 Å². The van der Waals surface area contributed by atoms with Gasteiger partial charge in [-0.15, -0.1) is 0 Å². The first kappa shape index (κ1) is 15.5. The van der Waals surface area contributed by atoms with Crippen LogP contribution in [0.2, 0.25) is 5.02 Å². The minimum Gasteiger partial charge on any atom is -0.326 e. The van der Waals surface area contributed by atoms with E-state index < -0.39 is 0 Å². The summed E-state index contributed by atoms with van der Waals surface area (Å²) in [4.78, 5) is 2.31. The highest BCUT2D eigenvalue weighted by molar-refractivity contribution is 7.07. The summed E-state index contributed by atoms with van der Waals surface area (Å²) < 4.78 is 0. The van der Waals surface area contributed by atoms with Gasteiger partial charge >= 0.3 is 0 Å². The average Bonchev–Trinajstić information content (AvgIpc) is 2.92. The van der Waals surface area contributed by atoms with Crippen molar-refractivity contribution in [2.45, 2.75) is 32.0 Å². The Hall–Kier alpha value is -0.870. The molecule has 0 aliphatic rings. The Kier molecular flexibility index (Phi) is 5.61. The highest BCUT2D eigenvalue weighted by Gasteiger charge is 2.23. The van der Waals surface area contributed by atoms with Crippen molar-refractivity contribution in [1.82, 2.24) is 4.90 Å². The molecule has 20 heavy (non-hydrogen) atoms. The lowest BCUT2D eigenvalue weighted by molar-refractivity contribution is 0.202. The molecule has 0 fully saturated rings. The van der Waals surface area contributed by atoms with Crippen LogP contribution in [0.1, 0.15) is 30.5 Å². The summed E-state index contributed by atoms with van der Waals surface area (Å²) in [6, 6.07) is 10.5. The second-order valence-electron chi connectivity index (χ2n) is 5.12. The van der Waals surface area contributed by atoms with Crippen LogP contribution < -0.4 is 5.73 Å². The molecule has 108 valence electrons. The first-order valence-corrected chi connectivity index (χ1v) is 8.16. The molecule has 0 radical (unpaired) electrons. The van der Waals surface area contributed by atoms with Gasteiger partial charge in [0.2, 0.25) is 0 Å². The lowest BCUT2D eigenvalue weighted by Gasteiger charge is -2.32. The maximum absolute atomic E-state index is 6.33. The molecule has 0 aliphatic heterocycles. The van der Waals surface area contributed by atoms with Gasteiger partial charge in [0.25, 0.3) is 0 Å². The van der Waals surface area contributed by atoms with Gasteiger partial charge in [0.05, 0.1) is 6.04 Å². The Bertz CT molecular complexity index is 527. The minimum absolute atomic E-state index is 0.133. The molecule has 0 spiro atoms. The number of nitrogens with two attached hydrogens (primary N) is 1. The number of thiophene rings is 1. The zero-order valence-electron chi connectivity index (χ0n) is 11.9. The van der Waals surface area contributed by atoms with Crippen molar-refractivity contribution in [2.24, 2.45) is 5.73 Å². The normalized spacial score (nSPS) is 14.4. The Balaban J connectivity index is 2.17. The molecule has 1 aromatic carbocycles. The summed E-state index contributed by atoms with van der Waals surface area (Å²) in [6.45, 7) is 2.98. The number of benzene rings is 1. The van der Waals surface area contributed by atoms with Crippen LogP contribution in [-0.2, 0) is 6.54 Å². The third-order valence-corrected chi connectivity index (χ3v) is 4.49. The zero-order valence-corrected chi connectivity index (χ0v) is 13.5. The van der Waals surface area contributed by atoms with E-state index in [4.69, 9.17) is 17.3 Å². The van der Waals surface area contributed by atoms with Gasteiger partial charge < -0.3 is 5.73 Å². The van der Waals surface area contributed by atoms with Crippen LogP contribution >= 0.6 is 22.9 Å². The van der Waals surface area contributed by atoms with Crippen LogP contribution in [0.25, 0.3) is 0 Å². The van der Waals surface area contributed by atoms with Gasteiger partial charge in [0.1, 0.15) is 0 Å². The number of rotatable bonds is 6. The van der Waals surface area contributed by atoms with Crippen molar-refractivity contribution in [2.75, 3.05) is 7.05 Å². The van der Waals surface area contributed by atoms with E-state index in [1.54, 1.807) is 11.3 Å². The molecule has 0 aliphatic carbocycles. The molecule has 2 unspecified atom stereocenters. The van der Waals surface area contributed by atoms with E-state index in [0.717, 1.165) is 18.0 Å². The minimum atomic E-state index is 0.133. The Morgan fingerprint density at radius 1 is 1.35 bits per heavy atom. The molecule has 2 atom stereocenters. The van der Waals surface area contributed by atoms with Crippen molar-refractivity contribution in [3.63, 3.8) is 0 Å². The SMILES string of the molecule is CCC(N)C(c1ccsc1)N(C)Cc1cccc(Cl)c1. The largest absolute Gasteiger partial charge is 0.326 e. The van der Waals surface area contributed by atoms with Gasteiger partial charge in [0.15, 0.2) is 0 Å². The summed E-state index contributed by atoms with van der Waals surface area (Å²) in [5.41, 5.74) is 8.84. The van der Waals surface area contributed by atoms with E-state index in [-0.39, 0.29) is 12.1 Å². The molecule has 0 saturated heterocycles. The number of halogens is 1. The Labute approximate surface area is 130 Å². The average molecular weight is 309 g/mol. The number of hydrogen-bond donors (Lipinski definition) is 1. The van der Waals surface area contributed by atoms with E-state index >= 15 is 0 Å². The van der Waals surface area contributed by atoms with E-state index in [1.807, 2.05) is 18.2 Å². The Morgan fingerprint density at radius 2 is 2.15 bits per heavy atom. The molecule has 1 heterocycles. The van der Waals surface area contributed by atoms with E-state index in [2.05, 4.69) is 41.8 Å². The monoisotopic (exact) mass is 308 g/mol. The van der Waals surface area contributed by atoms with E-state index in [0.29, 0.717) is 0 Å². The molecular weight excluding hydrogens is 288 g/mol. The molecule has 1 aromatic heterocycles. The predicted octanol–water partition coefficient (Wildman–Crippen LogP) is 4.31. The summed E-state index contributed by atoms with van der Waals surface area (Å²) in [5, 5.41) is 5.08. The van der Waals surface area contributed by atoms with Gasteiger partial charge in [-0.1, -0.05) is 30.7 Å². The van der Waals surface area contributed by atoms with Gasteiger partial charge in [-0.2, -0.15) is 11.3 Å². The van der Waals surface area contributed by atoms with Crippen LogP contribution in [0.15, 0.2) is 41.1 Å². The summed E-state index contributed by atoms with van der Waals surface area (Å²) in [7, 11) is 2.12. The standard InChI is InChI=1S/C16H21ClN2S/c1-3-15(18)16(13-7-8-20-11-13)19(2)10-12-5-4-6-14(17)9-12/h4-9,11,15-16H,3,10,18H2,1-2H3. The summed E-state index contributed by atoms with van der Waals surface area (Å²) in [6.07, 6.45) is 0.959. The van der Waals surface area contributed by atoms with Crippen molar-refractivity contribution < 1.29 is 0 Å². The Morgan fingerprint density at radius 3 is 2.75 bits per heavy atom. The lowest BCUT2D eigenvalue weighted by atomic mass is 9.98. The molecule has 0 amide bonds. The highest BCUT2D eigenvalue weighted by Crippen LogP contribution is 2.27. The second kappa shape index (κ2) is 7.23. The van der Waals surface area contributed by atoms with Gasteiger partial charge in [-0.25, -0.2) is 0 Å². The molecule has 2 N–H and O–H groups in total. The van der Waals surface area contributed by atoms with Crippen molar-refractivity contribution in [1.29, 1.82) is 0 Å². The van der Waals surface area contributed by atoms with E-state index in [9.17, 15) is 0 Å². The molecule has 2 aromatic rings. The second-order valence-corrected chi connectivity index (χ2v) is 6.34. The van der Waals surface area contributed by atoms with E-state index in [1.165, 1.54) is 11.1 Å². The fraction of sp³-hybridized carbons (Fsp3) is 0.375. The molecule has 2 rings (SSSR count). The molecule has 0 saturated carbocycles. The third kappa shape index (κ3) is 3.83. The maximum Gasteiger partial charge on any atom is 0.0507 e. The van der Waals surface area contributed by atoms with Crippen LogP contribution in [-0.4, -0.2) is 18.0 Å². The lowest BCUT2D eigenvalue weighted by Crippen LogP contribution is -2.38. The number of hydrogen-bond acceptors (Lipinski definition) is 3. The zero-order chi connectivity index (χ0) is 14.5.